The van der Waals surface area contributed by atoms with Crippen LogP contribution in [0.15, 0.2) is 47.5 Å². The number of amides is 1. The maximum absolute atomic E-state index is 12.9. The van der Waals surface area contributed by atoms with Crippen molar-refractivity contribution in [1.82, 2.24) is 14.5 Å². The molecule has 1 saturated carbocycles. The molecule has 1 fully saturated rings. The van der Waals surface area contributed by atoms with E-state index in [0.29, 0.717) is 16.3 Å². The van der Waals surface area contributed by atoms with E-state index < -0.39 is 0 Å². The molecular weight excluding hydrogens is 358 g/mol. The van der Waals surface area contributed by atoms with Crippen molar-refractivity contribution in [3.8, 4) is 10.4 Å². The second-order valence-electron chi connectivity index (χ2n) is 7.17. The molecule has 5 nitrogen and oxygen atoms in total. The molecule has 3 aromatic rings. The second kappa shape index (κ2) is 7.64. The average molecular weight is 382 g/mol. The van der Waals surface area contributed by atoms with Crippen molar-refractivity contribution in [1.29, 1.82) is 0 Å². The fourth-order valence-corrected chi connectivity index (χ4v) is 4.74. The first-order valence-electron chi connectivity index (χ1n) is 9.43. The van der Waals surface area contributed by atoms with E-state index in [1.807, 2.05) is 48.3 Å². The summed E-state index contributed by atoms with van der Waals surface area (Å²) in [6.07, 6.45) is 7.21. The number of hydrogen-bond donors (Lipinski definition) is 0. The summed E-state index contributed by atoms with van der Waals surface area (Å²) in [5, 5.41) is 0.578. The first kappa shape index (κ1) is 17.9. The fraction of sp³-hybridized carbons (Fsp3) is 0.381. The van der Waals surface area contributed by atoms with Crippen LogP contribution in [0.25, 0.3) is 20.7 Å². The van der Waals surface area contributed by atoms with Crippen LogP contribution in [0.4, 0.5) is 0 Å². The van der Waals surface area contributed by atoms with E-state index in [1.54, 1.807) is 0 Å². The topological polar surface area (TPSA) is 55.2 Å². The molecule has 1 aliphatic carbocycles. The van der Waals surface area contributed by atoms with E-state index in [2.05, 4.69) is 4.98 Å². The van der Waals surface area contributed by atoms with Gasteiger partial charge in [-0.2, -0.15) is 0 Å². The monoisotopic (exact) mass is 381 g/mol. The van der Waals surface area contributed by atoms with Crippen LogP contribution in [0.3, 0.4) is 0 Å². The highest BCUT2D eigenvalue weighted by Crippen LogP contribution is 2.30. The average Bonchev–Trinajstić information content (AvgIpc) is 3.16. The smallest absolute Gasteiger partial charge is 0.262 e. The molecule has 0 atom stereocenters. The van der Waals surface area contributed by atoms with Gasteiger partial charge in [0.25, 0.3) is 5.56 Å². The Morgan fingerprint density at radius 2 is 1.96 bits per heavy atom. The number of fused-ring (bicyclic) bond motifs is 1. The van der Waals surface area contributed by atoms with E-state index in [9.17, 15) is 9.59 Å². The second-order valence-corrected chi connectivity index (χ2v) is 8.20. The van der Waals surface area contributed by atoms with Crippen molar-refractivity contribution in [2.75, 3.05) is 7.05 Å². The lowest BCUT2D eigenvalue weighted by Gasteiger charge is -2.31. The Hall–Kier alpha value is -2.47. The highest BCUT2D eigenvalue weighted by Gasteiger charge is 2.22. The zero-order valence-corrected chi connectivity index (χ0v) is 16.2. The van der Waals surface area contributed by atoms with Gasteiger partial charge < -0.3 is 4.90 Å². The van der Waals surface area contributed by atoms with E-state index in [1.165, 1.54) is 41.5 Å². The molecule has 1 aliphatic rings. The molecule has 0 bridgehead atoms. The van der Waals surface area contributed by atoms with Crippen LogP contribution >= 0.6 is 11.3 Å². The molecule has 27 heavy (non-hydrogen) atoms. The Morgan fingerprint density at radius 1 is 1.22 bits per heavy atom. The van der Waals surface area contributed by atoms with Gasteiger partial charge in [0.05, 0.1) is 11.7 Å². The minimum absolute atomic E-state index is 0.0244. The van der Waals surface area contributed by atoms with E-state index in [-0.39, 0.29) is 18.0 Å². The number of rotatable bonds is 4. The summed E-state index contributed by atoms with van der Waals surface area (Å²) in [6.45, 7) is 0.0469. The highest BCUT2D eigenvalue weighted by molar-refractivity contribution is 7.21. The molecule has 1 amide bonds. The molecule has 0 radical (unpaired) electrons. The van der Waals surface area contributed by atoms with Crippen molar-refractivity contribution in [3.05, 3.63) is 53.1 Å². The SMILES string of the molecule is CN(C(=O)Cn1cnc2sc(-c3ccccc3)cc2c1=O)C1CCCCC1. The molecule has 0 aliphatic heterocycles. The lowest BCUT2D eigenvalue weighted by atomic mass is 9.94. The fourth-order valence-electron chi connectivity index (χ4n) is 3.75. The summed E-state index contributed by atoms with van der Waals surface area (Å²) in [5.74, 6) is -0.0244. The van der Waals surface area contributed by atoms with Gasteiger partial charge in [0.15, 0.2) is 0 Å². The highest BCUT2D eigenvalue weighted by atomic mass is 32.1. The molecule has 140 valence electrons. The normalized spacial score (nSPS) is 15.1. The van der Waals surface area contributed by atoms with Crippen LogP contribution < -0.4 is 5.56 Å². The summed E-state index contributed by atoms with van der Waals surface area (Å²) in [5.41, 5.74) is 0.920. The third-order valence-electron chi connectivity index (χ3n) is 5.40. The first-order chi connectivity index (χ1) is 13.1. The Kier molecular flexibility index (Phi) is 5.07. The van der Waals surface area contributed by atoms with Gasteiger partial charge in [-0.25, -0.2) is 4.98 Å². The summed E-state index contributed by atoms with van der Waals surface area (Å²) in [7, 11) is 1.85. The number of carbonyl (C=O) groups excluding carboxylic acids is 1. The minimum atomic E-state index is -0.149. The van der Waals surface area contributed by atoms with Gasteiger partial charge in [-0.05, 0) is 24.5 Å². The van der Waals surface area contributed by atoms with Gasteiger partial charge in [-0.15, -0.1) is 11.3 Å². The Balaban J connectivity index is 1.58. The van der Waals surface area contributed by atoms with Gasteiger partial charge in [-0.1, -0.05) is 49.6 Å². The molecule has 0 spiro atoms. The zero-order chi connectivity index (χ0) is 18.8. The number of likely N-dealkylation sites (N-methyl/N-ethyl adjacent to an activating group) is 1. The quantitative estimate of drug-likeness (QED) is 0.688. The summed E-state index contributed by atoms with van der Waals surface area (Å²) >= 11 is 1.50. The molecule has 1 aromatic carbocycles. The number of benzene rings is 1. The zero-order valence-electron chi connectivity index (χ0n) is 15.4. The van der Waals surface area contributed by atoms with E-state index in [4.69, 9.17) is 0 Å². The number of aromatic nitrogens is 2. The third-order valence-corrected chi connectivity index (χ3v) is 6.49. The minimum Gasteiger partial charge on any atom is -0.341 e. The predicted octanol–water partition coefficient (Wildman–Crippen LogP) is 3.92. The number of carbonyl (C=O) groups is 1. The van der Waals surface area contributed by atoms with E-state index >= 15 is 0 Å². The standard InChI is InChI=1S/C21H23N3O2S/c1-23(16-10-6-3-7-11-16)19(25)13-24-14-22-20-17(21(24)26)12-18(27-20)15-8-4-2-5-9-15/h2,4-5,8-9,12,14,16H,3,6-7,10-11,13H2,1H3. The third kappa shape index (κ3) is 3.67. The summed E-state index contributed by atoms with van der Waals surface area (Å²) in [6, 6.07) is 12.1. The lowest BCUT2D eigenvalue weighted by molar-refractivity contribution is -0.133. The molecule has 0 N–H and O–H groups in total. The van der Waals surface area contributed by atoms with Crippen molar-refractivity contribution >= 4 is 27.5 Å². The number of nitrogens with zero attached hydrogens (tertiary/aromatic N) is 3. The molecule has 0 unspecified atom stereocenters. The Labute approximate surface area is 162 Å². The molecule has 6 heteroatoms. The van der Waals surface area contributed by atoms with Gasteiger partial charge in [-0.3, -0.25) is 14.2 Å². The van der Waals surface area contributed by atoms with Gasteiger partial charge in [0.2, 0.25) is 5.91 Å². The van der Waals surface area contributed by atoms with Crippen LogP contribution in [-0.2, 0) is 11.3 Å². The maximum atomic E-state index is 12.9. The first-order valence-corrected chi connectivity index (χ1v) is 10.2. The molecule has 2 aromatic heterocycles. The van der Waals surface area contributed by atoms with Crippen LogP contribution in [0.5, 0.6) is 0 Å². The van der Waals surface area contributed by atoms with Gasteiger partial charge in [0.1, 0.15) is 11.4 Å². The largest absolute Gasteiger partial charge is 0.341 e. The predicted molar refractivity (Wildman–Crippen MR) is 109 cm³/mol. The molecular formula is C21H23N3O2S. The van der Waals surface area contributed by atoms with Crippen molar-refractivity contribution in [3.63, 3.8) is 0 Å². The maximum Gasteiger partial charge on any atom is 0.262 e. The van der Waals surface area contributed by atoms with Crippen LogP contribution in [0.2, 0.25) is 0 Å². The summed E-state index contributed by atoms with van der Waals surface area (Å²) in [4.78, 5) is 33.5. The van der Waals surface area contributed by atoms with Crippen molar-refractivity contribution in [2.24, 2.45) is 0 Å². The van der Waals surface area contributed by atoms with Gasteiger partial charge >= 0.3 is 0 Å². The van der Waals surface area contributed by atoms with Crippen LogP contribution in [0.1, 0.15) is 32.1 Å². The molecule has 0 saturated heterocycles. The van der Waals surface area contributed by atoms with Crippen molar-refractivity contribution < 1.29 is 4.79 Å². The van der Waals surface area contributed by atoms with Crippen LogP contribution in [-0.4, -0.2) is 33.4 Å². The number of thiophene rings is 1. The van der Waals surface area contributed by atoms with Crippen molar-refractivity contribution in [2.45, 2.75) is 44.7 Å². The Bertz CT molecular complexity index is 1000. The van der Waals surface area contributed by atoms with Gasteiger partial charge in [0, 0.05) is 18.0 Å². The molecule has 2 heterocycles. The lowest BCUT2D eigenvalue weighted by Crippen LogP contribution is -2.41. The Morgan fingerprint density at radius 3 is 2.70 bits per heavy atom. The number of hydrogen-bond acceptors (Lipinski definition) is 4. The summed E-state index contributed by atoms with van der Waals surface area (Å²) < 4.78 is 1.44. The van der Waals surface area contributed by atoms with Crippen LogP contribution in [0, 0.1) is 0 Å². The molecule has 4 rings (SSSR count). The van der Waals surface area contributed by atoms with E-state index in [0.717, 1.165) is 23.3 Å².